The summed E-state index contributed by atoms with van der Waals surface area (Å²) >= 11 is 1.31. The van der Waals surface area contributed by atoms with Crippen molar-refractivity contribution in [1.29, 1.82) is 0 Å². The smallest absolute Gasteiger partial charge is 0.313 e. The van der Waals surface area contributed by atoms with Crippen LogP contribution in [0.3, 0.4) is 0 Å². The lowest BCUT2D eigenvalue weighted by Crippen LogP contribution is -2.27. The number of thioether (sulfide) groups is 1. The number of hydrogen-bond donors (Lipinski definition) is 1. The highest BCUT2D eigenvalue weighted by molar-refractivity contribution is 7.99. The second-order valence-corrected chi connectivity index (χ2v) is 9.18. The predicted octanol–water partition coefficient (Wildman–Crippen LogP) is 4.01. The topological polar surface area (TPSA) is 86.1 Å². The zero-order valence-electron chi connectivity index (χ0n) is 20.0. The van der Waals surface area contributed by atoms with E-state index in [-0.39, 0.29) is 24.1 Å². The van der Waals surface area contributed by atoms with Gasteiger partial charge in [0.1, 0.15) is 12.2 Å². The monoisotopic (exact) mass is 480 g/mol. The van der Waals surface area contributed by atoms with Crippen LogP contribution in [0.25, 0.3) is 0 Å². The zero-order valence-corrected chi connectivity index (χ0v) is 20.8. The van der Waals surface area contributed by atoms with Crippen molar-refractivity contribution in [3.8, 4) is 0 Å². The van der Waals surface area contributed by atoms with Crippen LogP contribution in [0.5, 0.6) is 0 Å². The van der Waals surface area contributed by atoms with Crippen LogP contribution < -0.4 is 5.32 Å². The van der Waals surface area contributed by atoms with Gasteiger partial charge in [-0.15, -0.1) is 10.2 Å². The first-order valence-electron chi connectivity index (χ1n) is 11.6. The normalized spacial score (nSPS) is 10.9. The number of benzene rings is 2. The van der Waals surface area contributed by atoms with Crippen LogP contribution in [-0.4, -0.2) is 45.5 Å². The second-order valence-electron chi connectivity index (χ2n) is 8.24. The lowest BCUT2D eigenvalue weighted by molar-refractivity contribution is -0.142. The molecule has 0 unspecified atom stereocenters. The van der Waals surface area contributed by atoms with E-state index < -0.39 is 0 Å². The van der Waals surface area contributed by atoms with Crippen molar-refractivity contribution in [3.63, 3.8) is 0 Å². The van der Waals surface area contributed by atoms with Crippen molar-refractivity contribution in [3.05, 3.63) is 77.1 Å². The molecule has 1 N–H and O–H groups in total. The van der Waals surface area contributed by atoms with E-state index in [1.807, 2.05) is 34.9 Å². The number of aromatic nitrogens is 3. The van der Waals surface area contributed by atoms with Crippen LogP contribution >= 0.6 is 11.8 Å². The molecular weight excluding hydrogens is 448 g/mol. The fourth-order valence-corrected chi connectivity index (χ4v) is 4.21. The summed E-state index contributed by atoms with van der Waals surface area (Å²) < 4.78 is 6.94. The van der Waals surface area contributed by atoms with E-state index in [0.717, 1.165) is 12.0 Å². The molecule has 1 amide bonds. The molecule has 0 saturated carbocycles. The minimum absolute atomic E-state index is 0.0377. The minimum atomic E-state index is -0.347. The molecule has 3 aromatic rings. The Morgan fingerprint density at radius 1 is 1.03 bits per heavy atom. The molecule has 180 valence electrons. The minimum Gasteiger partial charge on any atom is -0.466 e. The molecule has 0 aliphatic rings. The van der Waals surface area contributed by atoms with Crippen LogP contribution in [0.15, 0.2) is 59.8 Å². The molecule has 34 heavy (non-hydrogen) atoms. The molecule has 0 spiro atoms. The highest BCUT2D eigenvalue weighted by atomic mass is 32.2. The van der Waals surface area contributed by atoms with Crippen LogP contribution in [-0.2, 0) is 33.7 Å². The molecular formula is C26H32N4O3S. The van der Waals surface area contributed by atoms with E-state index in [1.54, 1.807) is 6.92 Å². The highest BCUT2D eigenvalue weighted by Gasteiger charge is 2.17. The van der Waals surface area contributed by atoms with Crippen molar-refractivity contribution in [2.45, 2.75) is 51.2 Å². The summed E-state index contributed by atoms with van der Waals surface area (Å²) in [7, 11) is 0. The molecule has 0 bridgehead atoms. The van der Waals surface area contributed by atoms with Gasteiger partial charge in [0.2, 0.25) is 5.91 Å². The molecule has 2 aromatic carbocycles. The van der Waals surface area contributed by atoms with Gasteiger partial charge in [0.25, 0.3) is 0 Å². The summed E-state index contributed by atoms with van der Waals surface area (Å²) in [5.74, 6) is 0.839. The highest BCUT2D eigenvalue weighted by Crippen LogP contribution is 2.19. The van der Waals surface area contributed by atoms with Crippen molar-refractivity contribution < 1.29 is 14.3 Å². The maximum absolute atomic E-state index is 12.4. The van der Waals surface area contributed by atoms with Gasteiger partial charge in [-0.25, -0.2) is 0 Å². The first-order chi connectivity index (χ1) is 16.5. The van der Waals surface area contributed by atoms with Gasteiger partial charge in [0.15, 0.2) is 5.16 Å². The molecule has 0 radical (unpaired) electrons. The maximum Gasteiger partial charge on any atom is 0.313 e. The van der Waals surface area contributed by atoms with E-state index in [4.69, 9.17) is 4.74 Å². The summed E-state index contributed by atoms with van der Waals surface area (Å²) in [4.78, 5) is 24.4. The third-order valence-electron chi connectivity index (χ3n) is 5.30. The van der Waals surface area contributed by atoms with Crippen LogP contribution in [0, 0.1) is 0 Å². The lowest BCUT2D eigenvalue weighted by atomic mass is 10.0. The van der Waals surface area contributed by atoms with Crippen molar-refractivity contribution in [1.82, 2.24) is 20.1 Å². The Morgan fingerprint density at radius 2 is 1.76 bits per heavy atom. The maximum atomic E-state index is 12.4. The van der Waals surface area contributed by atoms with E-state index in [9.17, 15) is 9.59 Å². The number of carbonyl (C=O) groups excluding carboxylic acids is 2. The molecule has 7 nitrogen and oxygen atoms in total. The Labute approximate surface area is 205 Å². The molecule has 1 heterocycles. The Hall–Kier alpha value is -3.13. The summed E-state index contributed by atoms with van der Waals surface area (Å²) in [6, 6.07) is 18.4. The standard InChI is InChI=1S/C26H32N4O3S/c1-4-33-25(32)16-23-28-29-26(30(23)17-21-8-6-5-7-9-21)34-18-24(31)27-15-14-20-10-12-22(13-11-20)19(2)3/h5-13,19H,4,14-18H2,1-3H3,(H,27,31). The number of nitrogens with one attached hydrogen (secondary N) is 1. The number of hydrogen-bond acceptors (Lipinski definition) is 6. The lowest BCUT2D eigenvalue weighted by Gasteiger charge is -2.11. The van der Waals surface area contributed by atoms with Gasteiger partial charge in [-0.1, -0.05) is 80.2 Å². The van der Waals surface area contributed by atoms with Gasteiger partial charge in [-0.3, -0.25) is 9.59 Å². The Balaban J connectivity index is 1.56. The molecule has 0 fully saturated rings. The summed E-state index contributed by atoms with van der Waals surface area (Å²) in [5, 5.41) is 12.0. The van der Waals surface area contributed by atoms with E-state index >= 15 is 0 Å². The average molecular weight is 481 g/mol. The quantitative estimate of drug-likeness (QED) is 0.311. The Bertz CT molecular complexity index is 1070. The summed E-state index contributed by atoms with van der Waals surface area (Å²) in [6.07, 6.45) is 0.818. The molecule has 3 rings (SSSR count). The van der Waals surface area contributed by atoms with Crippen LogP contribution in [0.4, 0.5) is 0 Å². The summed E-state index contributed by atoms with van der Waals surface area (Å²) in [5.41, 5.74) is 3.57. The van der Waals surface area contributed by atoms with Gasteiger partial charge in [-0.05, 0) is 36.0 Å². The van der Waals surface area contributed by atoms with Gasteiger partial charge < -0.3 is 14.6 Å². The number of nitrogens with zero attached hydrogens (tertiary/aromatic N) is 3. The fourth-order valence-electron chi connectivity index (χ4n) is 3.42. The summed E-state index contributed by atoms with van der Waals surface area (Å²) in [6.45, 7) is 7.52. The second kappa shape index (κ2) is 12.9. The van der Waals surface area contributed by atoms with Gasteiger partial charge >= 0.3 is 5.97 Å². The number of ether oxygens (including phenoxy) is 1. The van der Waals surface area contributed by atoms with E-state index in [1.165, 1.54) is 22.9 Å². The van der Waals surface area contributed by atoms with Crippen LogP contribution in [0.2, 0.25) is 0 Å². The Kier molecular flexibility index (Phi) is 9.70. The predicted molar refractivity (Wildman–Crippen MR) is 134 cm³/mol. The molecule has 1 aromatic heterocycles. The first kappa shape index (κ1) is 25.5. The molecule has 0 aliphatic heterocycles. The van der Waals surface area contributed by atoms with E-state index in [0.29, 0.717) is 36.6 Å². The van der Waals surface area contributed by atoms with Gasteiger partial charge in [0, 0.05) is 6.54 Å². The fraction of sp³-hybridized carbons (Fsp3) is 0.385. The van der Waals surface area contributed by atoms with Crippen LogP contribution in [0.1, 0.15) is 49.2 Å². The average Bonchev–Trinajstić information content (AvgIpc) is 3.19. The van der Waals surface area contributed by atoms with Crippen molar-refractivity contribution in [2.24, 2.45) is 0 Å². The SMILES string of the molecule is CCOC(=O)Cc1nnc(SCC(=O)NCCc2ccc(C(C)C)cc2)n1Cc1ccccc1. The van der Waals surface area contributed by atoms with Crippen molar-refractivity contribution >= 4 is 23.6 Å². The molecule has 0 atom stereocenters. The third kappa shape index (κ3) is 7.73. The molecule has 8 heteroatoms. The van der Waals surface area contributed by atoms with Gasteiger partial charge in [0.05, 0.1) is 18.9 Å². The molecule has 0 aliphatic carbocycles. The van der Waals surface area contributed by atoms with E-state index in [2.05, 4.69) is 53.6 Å². The first-order valence-corrected chi connectivity index (χ1v) is 12.5. The zero-order chi connectivity index (χ0) is 24.3. The van der Waals surface area contributed by atoms with Gasteiger partial charge in [-0.2, -0.15) is 0 Å². The largest absolute Gasteiger partial charge is 0.466 e. The Morgan fingerprint density at radius 3 is 2.44 bits per heavy atom. The molecule has 0 saturated heterocycles. The number of carbonyl (C=O) groups is 2. The van der Waals surface area contributed by atoms with Crippen molar-refractivity contribution in [2.75, 3.05) is 18.9 Å². The number of amides is 1. The number of rotatable bonds is 12. The number of esters is 1. The third-order valence-corrected chi connectivity index (χ3v) is 6.27.